The Morgan fingerprint density at radius 3 is 2.47 bits per heavy atom. The lowest BCUT2D eigenvalue weighted by Gasteiger charge is -2.32. The summed E-state index contributed by atoms with van der Waals surface area (Å²) in [4.78, 5) is 25.3. The van der Waals surface area contributed by atoms with E-state index in [1.807, 2.05) is 13.8 Å². The van der Waals surface area contributed by atoms with Crippen LogP contribution in [0.3, 0.4) is 0 Å². The lowest BCUT2D eigenvalue weighted by atomic mass is 10.0. The molecule has 17 heavy (non-hydrogen) atoms. The number of carbonyl (C=O) groups excluding carboxylic acids is 2. The molecule has 2 amide bonds. The van der Waals surface area contributed by atoms with E-state index in [4.69, 9.17) is 0 Å². The molecule has 0 bridgehead atoms. The molecule has 1 rings (SSSR count). The molecule has 0 aromatic carbocycles. The zero-order valence-corrected chi connectivity index (χ0v) is 10.8. The maximum Gasteiger partial charge on any atom is 0.239 e. The summed E-state index contributed by atoms with van der Waals surface area (Å²) in [5.74, 6) is 0.124. The Bertz CT molecular complexity index is 264. The van der Waals surface area contributed by atoms with Gasteiger partial charge in [0, 0.05) is 26.2 Å². The van der Waals surface area contributed by atoms with Crippen molar-refractivity contribution >= 4 is 11.8 Å². The Labute approximate surface area is 103 Å². The molecule has 1 saturated heterocycles. The van der Waals surface area contributed by atoms with Gasteiger partial charge in [-0.15, -0.1) is 0 Å². The maximum absolute atomic E-state index is 12.0. The van der Waals surface area contributed by atoms with Crippen LogP contribution >= 0.6 is 0 Å². The number of nitrogens with one attached hydrogen (secondary N) is 2. The topological polar surface area (TPSA) is 61.4 Å². The summed E-state index contributed by atoms with van der Waals surface area (Å²) in [6.07, 6.45) is 1.80. The zero-order chi connectivity index (χ0) is 12.7. The fourth-order valence-corrected chi connectivity index (χ4v) is 1.75. The molecule has 0 aromatic heterocycles. The van der Waals surface area contributed by atoms with Crippen LogP contribution in [0.25, 0.3) is 0 Å². The van der Waals surface area contributed by atoms with Crippen molar-refractivity contribution in [1.82, 2.24) is 15.5 Å². The van der Waals surface area contributed by atoms with E-state index in [1.54, 1.807) is 4.90 Å². The molecule has 0 atom stereocenters. The van der Waals surface area contributed by atoms with Crippen molar-refractivity contribution in [2.75, 3.05) is 32.7 Å². The van der Waals surface area contributed by atoms with Crippen LogP contribution in [0.2, 0.25) is 0 Å². The fourth-order valence-electron chi connectivity index (χ4n) is 1.75. The molecule has 2 N–H and O–H groups in total. The van der Waals surface area contributed by atoms with Gasteiger partial charge in [-0.05, 0) is 12.8 Å². The summed E-state index contributed by atoms with van der Waals surface area (Å²) < 4.78 is 0. The molecule has 0 aliphatic carbocycles. The molecule has 98 valence electrons. The molecule has 0 radical (unpaired) electrons. The second kappa shape index (κ2) is 7.27. The van der Waals surface area contributed by atoms with Crippen LogP contribution in [0.1, 0.15) is 26.7 Å². The molecule has 5 heteroatoms. The summed E-state index contributed by atoms with van der Waals surface area (Å²) in [6, 6.07) is 0. The second-order valence-corrected chi connectivity index (χ2v) is 4.46. The molecular formula is C12H23N3O2. The van der Waals surface area contributed by atoms with Gasteiger partial charge in [0.25, 0.3) is 0 Å². The van der Waals surface area contributed by atoms with Crippen molar-refractivity contribution in [3.05, 3.63) is 0 Å². The largest absolute Gasteiger partial charge is 0.355 e. The van der Waals surface area contributed by atoms with Gasteiger partial charge in [0.2, 0.25) is 11.8 Å². The highest BCUT2D eigenvalue weighted by molar-refractivity contribution is 5.86. The Hall–Kier alpha value is -1.10. The van der Waals surface area contributed by atoms with Crippen LogP contribution in [-0.2, 0) is 9.59 Å². The minimum Gasteiger partial charge on any atom is -0.355 e. The second-order valence-electron chi connectivity index (χ2n) is 4.46. The quantitative estimate of drug-likeness (QED) is 0.658. The summed E-state index contributed by atoms with van der Waals surface area (Å²) in [7, 11) is 0. The van der Waals surface area contributed by atoms with E-state index in [2.05, 4.69) is 10.6 Å². The number of carbonyl (C=O) groups is 2. The molecule has 1 aliphatic rings. The smallest absolute Gasteiger partial charge is 0.239 e. The van der Waals surface area contributed by atoms with E-state index < -0.39 is 0 Å². The van der Waals surface area contributed by atoms with Crippen molar-refractivity contribution < 1.29 is 9.59 Å². The van der Waals surface area contributed by atoms with Crippen LogP contribution in [0.15, 0.2) is 0 Å². The predicted octanol–water partition coefficient (Wildman–Crippen LogP) is -0.0294. The van der Waals surface area contributed by atoms with Crippen LogP contribution < -0.4 is 10.6 Å². The lowest BCUT2D eigenvalue weighted by molar-refractivity contribution is -0.140. The summed E-state index contributed by atoms with van der Waals surface area (Å²) >= 11 is 0. The van der Waals surface area contributed by atoms with Crippen LogP contribution in [0.5, 0.6) is 0 Å². The van der Waals surface area contributed by atoms with Crippen molar-refractivity contribution in [1.29, 1.82) is 0 Å². The molecule has 1 aliphatic heterocycles. The lowest BCUT2D eigenvalue weighted by Crippen LogP contribution is -2.53. The highest BCUT2D eigenvalue weighted by atomic mass is 16.2. The Kier molecular flexibility index (Phi) is 5.97. The first-order chi connectivity index (χ1) is 8.19. The summed E-state index contributed by atoms with van der Waals surface area (Å²) in [5, 5.41) is 5.88. The molecule has 0 saturated carbocycles. The van der Waals surface area contributed by atoms with Crippen molar-refractivity contribution in [3.8, 4) is 0 Å². The molecule has 0 aromatic rings. The third-order valence-corrected chi connectivity index (χ3v) is 2.84. The molecule has 1 fully saturated rings. The third kappa shape index (κ3) is 4.34. The van der Waals surface area contributed by atoms with Crippen molar-refractivity contribution in [3.63, 3.8) is 0 Å². The average Bonchev–Trinajstić information content (AvgIpc) is 2.23. The number of amides is 2. The van der Waals surface area contributed by atoms with Gasteiger partial charge in [0.15, 0.2) is 0 Å². The van der Waals surface area contributed by atoms with Gasteiger partial charge >= 0.3 is 0 Å². The molecule has 1 heterocycles. The summed E-state index contributed by atoms with van der Waals surface area (Å²) in [6.45, 7) is 7.06. The van der Waals surface area contributed by atoms with Crippen LogP contribution in [0.4, 0.5) is 0 Å². The average molecular weight is 241 g/mol. The molecule has 0 unspecified atom stereocenters. The number of hydrogen-bond acceptors (Lipinski definition) is 3. The predicted molar refractivity (Wildman–Crippen MR) is 66.5 cm³/mol. The first-order valence-corrected chi connectivity index (χ1v) is 6.45. The minimum absolute atomic E-state index is 0.0547. The molecule has 0 spiro atoms. The Morgan fingerprint density at radius 1 is 1.29 bits per heavy atom. The van der Waals surface area contributed by atoms with Gasteiger partial charge in [-0.1, -0.05) is 13.8 Å². The SMILES string of the molecule is CCCNC(=O)CN(CCC)C(=O)C1CNC1. The van der Waals surface area contributed by atoms with Crippen LogP contribution in [-0.4, -0.2) is 49.4 Å². The zero-order valence-electron chi connectivity index (χ0n) is 10.8. The van der Waals surface area contributed by atoms with E-state index in [1.165, 1.54) is 0 Å². The van der Waals surface area contributed by atoms with Gasteiger partial charge in [-0.25, -0.2) is 0 Å². The monoisotopic (exact) mass is 241 g/mol. The normalized spacial score (nSPS) is 15.2. The van der Waals surface area contributed by atoms with Gasteiger partial charge in [-0.2, -0.15) is 0 Å². The van der Waals surface area contributed by atoms with Gasteiger partial charge in [0.05, 0.1) is 12.5 Å². The van der Waals surface area contributed by atoms with Crippen molar-refractivity contribution in [2.45, 2.75) is 26.7 Å². The summed E-state index contributed by atoms with van der Waals surface area (Å²) in [5.41, 5.74) is 0. The third-order valence-electron chi connectivity index (χ3n) is 2.84. The van der Waals surface area contributed by atoms with E-state index in [-0.39, 0.29) is 24.3 Å². The minimum atomic E-state index is -0.0547. The highest BCUT2D eigenvalue weighted by Gasteiger charge is 2.29. The van der Waals surface area contributed by atoms with E-state index in [0.717, 1.165) is 25.9 Å². The van der Waals surface area contributed by atoms with E-state index in [0.29, 0.717) is 13.1 Å². The number of nitrogens with zero attached hydrogens (tertiary/aromatic N) is 1. The van der Waals surface area contributed by atoms with Crippen LogP contribution in [0, 0.1) is 5.92 Å². The molecular weight excluding hydrogens is 218 g/mol. The number of hydrogen-bond donors (Lipinski definition) is 2. The van der Waals surface area contributed by atoms with Gasteiger partial charge < -0.3 is 15.5 Å². The standard InChI is InChI=1S/C12H23N3O2/c1-3-5-14-11(16)9-15(6-4-2)12(17)10-7-13-8-10/h10,13H,3-9H2,1-2H3,(H,14,16). The molecule has 5 nitrogen and oxygen atoms in total. The van der Waals surface area contributed by atoms with E-state index >= 15 is 0 Å². The van der Waals surface area contributed by atoms with E-state index in [9.17, 15) is 9.59 Å². The first kappa shape index (κ1) is 14.0. The van der Waals surface area contributed by atoms with Crippen molar-refractivity contribution in [2.24, 2.45) is 5.92 Å². The number of rotatable bonds is 7. The highest BCUT2D eigenvalue weighted by Crippen LogP contribution is 2.08. The van der Waals surface area contributed by atoms with Gasteiger partial charge in [-0.3, -0.25) is 9.59 Å². The Morgan fingerprint density at radius 2 is 2.00 bits per heavy atom. The van der Waals surface area contributed by atoms with Gasteiger partial charge in [0.1, 0.15) is 0 Å². The first-order valence-electron chi connectivity index (χ1n) is 6.45. The maximum atomic E-state index is 12.0. The Balaban J connectivity index is 2.41. The fraction of sp³-hybridized carbons (Fsp3) is 0.833.